The molecule has 2 fully saturated rings. The number of likely N-dealkylation sites (tertiary alicyclic amines) is 1. The van der Waals surface area contributed by atoms with Crippen molar-refractivity contribution in [1.82, 2.24) is 9.88 Å². The highest BCUT2D eigenvalue weighted by Crippen LogP contribution is 2.40. The number of carbonyl (C=O) groups is 3. The molecule has 2 aliphatic rings. The molecule has 0 aromatic carbocycles. The number of thioether (sulfide) groups is 1. The second-order valence-electron chi connectivity index (χ2n) is 7.35. The number of rotatable bonds is 7. The lowest BCUT2D eigenvalue weighted by Crippen LogP contribution is -2.42. The molecule has 1 saturated heterocycles. The third-order valence-electron chi connectivity index (χ3n) is 5.32. The van der Waals surface area contributed by atoms with Crippen LogP contribution < -0.4 is 0 Å². The van der Waals surface area contributed by atoms with Crippen LogP contribution in [0.15, 0.2) is 11.1 Å². The first-order valence-electron chi connectivity index (χ1n) is 10.1. The van der Waals surface area contributed by atoms with Crippen LogP contribution in [0.1, 0.15) is 60.1 Å². The molecule has 9 heteroatoms. The third-order valence-corrected chi connectivity index (χ3v) is 6.00. The number of aromatic nitrogens is 1. The molecular formula is C21H25N3O5S. The van der Waals surface area contributed by atoms with Gasteiger partial charge in [0.1, 0.15) is 11.1 Å². The van der Waals surface area contributed by atoms with Crippen molar-refractivity contribution in [2.45, 2.75) is 43.6 Å². The summed E-state index contributed by atoms with van der Waals surface area (Å²) in [5.41, 5.74) is 1.13. The number of piperidine rings is 1. The fraction of sp³-hybridized carbons (Fsp3) is 0.571. The van der Waals surface area contributed by atoms with Gasteiger partial charge in [-0.2, -0.15) is 5.26 Å². The Hall–Kier alpha value is -2.60. The van der Waals surface area contributed by atoms with Crippen molar-refractivity contribution in [3.05, 3.63) is 22.9 Å². The SMILES string of the molecule is CCOC(=O)C1CCN(C(=O)COC(=O)c2cc(C3CC3)nc(SC)c2C#N)CC1. The van der Waals surface area contributed by atoms with Gasteiger partial charge in [0.25, 0.3) is 5.91 Å². The van der Waals surface area contributed by atoms with Crippen molar-refractivity contribution in [2.75, 3.05) is 32.6 Å². The largest absolute Gasteiger partial charge is 0.466 e. The summed E-state index contributed by atoms with van der Waals surface area (Å²) in [6.07, 6.45) is 4.90. The Kier molecular flexibility index (Phi) is 7.32. The van der Waals surface area contributed by atoms with E-state index in [0.29, 0.717) is 43.5 Å². The van der Waals surface area contributed by atoms with Gasteiger partial charge >= 0.3 is 11.9 Å². The van der Waals surface area contributed by atoms with Gasteiger partial charge in [-0.3, -0.25) is 9.59 Å². The normalized spacial score (nSPS) is 16.6. The summed E-state index contributed by atoms with van der Waals surface area (Å²) in [5.74, 6) is -1.12. The molecule has 0 N–H and O–H groups in total. The molecule has 1 saturated carbocycles. The molecular weight excluding hydrogens is 406 g/mol. The minimum absolute atomic E-state index is 0.160. The summed E-state index contributed by atoms with van der Waals surface area (Å²) in [4.78, 5) is 43.0. The number of hydrogen-bond donors (Lipinski definition) is 0. The second kappa shape index (κ2) is 9.94. The number of ether oxygens (including phenoxy) is 2. The Morgan fingerprint density at radius 1 is 1.23 bits per heavy atom. The molecule has 0 unspecified atom stereocenters. The Balaban J connectivity index is 1.59. The molecule has 30 heavy (non-hydrogen) atoms. The molecule has 3 rings (SSSR count). The highest BCUT2D eigenvalue weighted by atomic mass is 32.2. The standard InChI is InChI=1S/C21H25N3O5S/c1-3-28-20(26)14-6-8-24(9-7-14)18(25)12-29-21(27)15-10-17(13-4-5-13)23-19(30-2)16(15)11-22/h10,13-14H,3-9,12H2,1-2H3. The fourth-order valence-electron chi connectivity index (χ4n) is 3.47. The second-order valence-corrected chi connectivity index (χ2v) is 8.14. The zero-order valence-corrected chi connectivity index (χ0v) is 18.0. The first-order valence-corrected chi connectivity index (χ1v) is 11.3. The van der Waals surface area contributed by atoms with Gasteiger partial charge in [0, 0.05) is 24.7 Å². The summed E-state index contributed by atoms with van der Waals surface area (Å²) < 4.78 is 10.3. The van der Waals surface area contributed by atoms with Crippen molar-refractivity contribution < 1.29 is 23.9 Å². The Labute approximate surface area is 179 Å². The first-order chi connectivity index (χ1) is 14.5. The summed E-state index contributed by atoms with van der Waals surface area (Å²) >= 11 is 1.31. The van der Waals surface area contributed by atoms with Crippen LogP contribution in [0.3, 0.4) is 0 Å². The molecule has 1 aliphatic carbocycles. The predicted octanol–water partition coefficient (Wildman–Crippen LogP) is 2.51. The van der Waals surface area contributed by atoms with Gasteiger partial charge in [-0.25, -0.2) is 9.78 Å². The van der Waals surface area contributed by atoms with Crippen molar-refractivity contribution in [2.24, 2.45) is 5.92 Å². The molecule has 1 amide bonds. The van der Waals surface area contributed by atoms with E-state index in [1.165, 1.54) is 11.8 Å². The van der Waals surface area contributed by atoms with E-state index >= 15 is 0 Å². The average molecular weight is 432 g/mol. The number of hydrogen-bond acceptors (Lipinski definition) is 8. The van der Waals surface area contributed by atoms with E-state index in [0.717, 1.165) is 18.5 Å². The summed E-state index contributed by atoms with van der Waals surface area (Å²) in [7, 11) is 0. The quantitative estimate of drug-likeness (QED) is 0.478. The van der Waals surface area contributed by atoms with Gasteiger partial charge in [-0.15, -0.1) is 11.8 Å². The van der Waals surface area contributed by atoms with Gasteiger partial charge in [-0.1, -0.05) is 0 Å². The number of amides is 1. The molecule has 8 nitrogen and oxygen atoms in total. The minimum atomic E-state index is -0.694. The van der Waals surface area contributed by atoms with Crippen LogP contribution >= 0.6 is 11.8 Å². The third kappa shape index (κ3) is 5.11. The highest BCUT2D eigenvalue weighted by molar-refractivity contribution is 7.98. The lowest BCUT2D eigenvalue weighted by atomic mass is 9.97. The summed E-state index contributed by atoms with van der Waals surface area (Å²) in [6.45, 7) is 2.54. The van der Waals surface area contributed by atoms with Crippen molar-refractivity contribution in [3.63, 3.8) is 0 Å². The smallest absolute Gasteiger partial charge is 0.340 e. The van der Waals surface area contributed by atoms with Crippen LogP contribution in [0.5, 0.6) is 0 Å². The van der Waals surface area contributed by atoms with E-state index < -0.39 is 12.6 Å². The Morgan fingerprint density at radius 3 is 2.50 bits per heavy atom. The number of nitriles is 1. The maximum Gasteiger partial charge on any atom is 0.340 e. The average Bonchev–Trinajstić information content (AvgIpc) is 3.62. The molecule has 1 aromatic heterocycles. The summed E-state index contributed by atoms with van der Waals surface area (Å²) in [5, 5.41) is 9.99. The first kappa shape index (κ1) is 22.1. The van der Waals surface area contributed by atoms with E-state index in [2.05, 4.69) is 4.98 Å². The van der Waals surface area contributed by atoms with E-state index in [-0.39, 0.29) is 28.9 Å². The molecule has 1 aromatic rings. The minimum Gasteiger partial charge on any atom is -0.466 e. The topological polar surface area (TPSA) is 110 Å². The number of nitrogens with zero attached hydrogens (tertiary/aromatic N) is 3. The Bertz CT molecular complexity index is 870. The number of pyridine rings is 1. The molecule has 0 spiro atoms. The monoisotopic (exact) mass is 431 g/mol. The lowest BCUT2D eigenvalue weighted by molar-refractivity contribution is -0.151. The summed E-state index contributed by atoms with van der Waals surface area (Å²) in [6, 6.07) is 3.65. The van der Waals surface area contributed by atoms with E-state index in [4.69, 9.17) is 9.47 Å². The number of esters is 2. The van der Waals surface area contributed by atoms with Crippen LogP contribution in [0.2, 0.25) is 0 Å². The van der Waals surface area contributed by atoms with Crippen molar-refractivity contribution in [1.29, 1.82) is 5.26 Å². The van der Waals surface area contributed by atoms with Crippen LogP contribution in [0.4, 0.5) is 0 Å². The van der Waals surface area contributed by atoms with E-state index in [9.17, 15) is 19.6 Å². The van der Waals surface area contributed by atoms with Crippen LogP contribution in [-0.4, -0.2) is 60.3 Å². The van der Waals surface area contributed by atoms with Gasteiger partial charge in [0.15, 0.2) is 6.61 Å². The zero-order valence-electron chi connectivity index (χ0n) is 17.2. The lowest BCUT2D eigenvalue weighted by Gasteiger charge is -2.30. The maximum atomic E-state index is 12.6. The zero-order chi connectivity index (χ0) is 21.7. The molecule has 0 radical (unpaired) electrons. The van der Waals surface area contributed by atoms with Crippen LogP contribution in [0, 0.1) is 17.2 Å². The van der Waals surface area contributed by atoms with Gasteiger partial charge in [0.05, 0.1) is 23.7 Å². The molecule has 160 valence electrons. The Morgan fingerprint density at radius 2 is 1.93 bits per heavy atom. The molecule has 0 atom stereocenters. The molecule has 2 heterocycles. The van der Waals surface area contributed by atoms with Gasteiger partial charge in [-0.05, 0) is 44.9 Å². The molecule has 1 aliphatic heterocycles. The molecule has 0 bridgehead atoms. The van der Waals surface area contributed by atoms with E-state index in [1.54, 1.807) is 24.1 Å². The van der Waals surface area contributed by atoms with Crippen LogP contribution in [0.25, 0.3) is 0 Å². The van der Waals surface area contributed by atoms with Gasteiger partial charge < -0.3 is 14.4 Å². The van der Waals surface area contributed by atoms with Crippen molar-refractivity contribution in [3.8, 4) is 6.07 Å². The fourth-order valence-corrected chi connectivity index (χ4v) is 4.02. The number of carbonyl (C=O) groups excluding carboxylic acids is 3. The van der Waals surface area contributed by atoms with Crippen molar-refractivity contribution >= 4 is 29.6 Å². The van der Waals surface area contributed by atoms with Crippen LogP contribution in [-0.2, 0) is 19.1 Å². The van der Waals surface area contributed by atoms with Gasteiger partial charge in [0.2, 0.25) is 0 Å². The predicted molar refractivity (Wildman–Crippen MR) is 109 cm³/mol. The van der Waals surface area contributed by atoms with E-state index in [1.807, 2.05) is 6.07 Å². The maximum absolute atomic E-state index is 12.6. The highest BCUT2D eigenvalue weighted by Gasteiger charge is 2.30.